The molecule has 0 unspecified atom stereocenters. The molecule has 0 radical (unpaired) electrons. The second kappa shape index (κ2) is 10.1. The van der Waals surface area contributed by atoms with Crippen molar-refractivity contribution in [3.8, 4) is 6.07 Å². The van der Waals surface area contributed by atoms with E-state index in [0.717, 1.165) is 44.2 Å². The van der Waals surface area contributed by atoms with Gasteiger partial charge in [-0.25, -0.2) is 0 Å². The molecule has 3 rings (SSSR count). The number of nitrogens with one attached hydrogen (secondary N) is 1. The first-order valence-electron chi connectivity index (χ1n) is 10.9. The third-order valence-electron chi connectivity index (χ3n) is 5.50. The van der Waals surface area contributed by atoms with Crippen LogP contribution < -0.4 is 5.32 Å². The molecule has 2 aromatic carbocycles. The Morgan fingerprint density at radius 2 is 1.94 bits per heavy atom. The van der Waals surface area contributed by atoms with Crippen molar-refractivity contribution in [1.29, 1.82) is 5.26 Å². The van der Waals surface area contributed by atoms with E-state index in [9.17, 15) is 10.1 Å². The Balaban J connectivity index is 1.67. The number of hydrogen-bond acceptors (Lipinski definition) is 3. The summed E-state index contributed by atoms with van der Waals surface area (Å²) in [6, 6.07) is 14.3. The Bertz CT molecular complexity index is 1350. The van der Waals surface area contributed by atoms with Crippen LogP contribution >= 0.6 is 0 Å². The van der Waals surface area contributed by atoms with Crippen molar-refractivity contribution in [2.45, 2.75) is 33.7 Å². The average Bonchev–Trinajstić information content (AvgIpc) is 2.76. The van der Waals surface area contributed by atoms with Gasteiger partial charge in [0.1, 0.15) is 13.9 Å². The zero-order chi connectivity index (χ0) is 24.1. The zero-order valence-electron chi connectivity index (χ0n) is 19.7. The minimum atomic E-state index is -0.202. The van der Waals surface area contributed by atoms with Gasteiger partial charge in [-0.1, -0.05) is 43.0 Å². The van der Waals surface area contributed by atoms with Gasteiger partial charge in [-0.2, -0.15) is 5.26 Å². The lowest BCUT2D eigenvalue weighted by atomic mass is 9.86. The molecule has 4 nitrogen and oxygen atoms in total. The van der Waals surface area contributed by atoms with Crippen LogP contribution in [0.4, 0.5) is 0 Å². The van der Waals surface area contributed by atoms with Gasteiger partial charge >= 0.3 is 0 Å². The lowest BCUT2D eigenvalue weighted by Crippen LogP contribution is -2.23. The number of nitrogens with zero attached hydrogens (tertiary/aromatic N) is 2. The van der Waals surface area contributed by atoms with Gasteiger partial charge in [0.2, 0.25) is 0 Å². The molecular weight excluding hydrogens is 405 g/mol. The van der Waals surface area contributed by atoms with E-state index in [1.165, 1.54) is 0 Å². The molecule has 0 saturated carbocycles. The van der Waals surface area contributed by atoms with E-state index in [0.29, 0.717) is 29.6 Å². The van der Waals surface area contributed by atoms with Crippen LogP contribution in [-0.2, 0) is 17.8 Å². The zero-order valence-corrected chi connectivity index (χ0v) is 19.7. The quantitative estimate of drug-likeness (QED) is 0.334. The monoisotopic (exact) mass is 433 g/mol. The van der Waals surface area contributed by atoms with Gasteiger partial charge in [0.05, 0.1) is 11.1 Å². The predicted molar refractivity (Wildman–Crippen MR) is 138 cm³/mol. The smallest absolute Gasteiger partial charge is 0.250 e. The van der Waals surface area contributed by atoms with Crippen molar-refractivity contribution in [1.82, 2.24) is 10.3 Å². The van der Waals surface area contributed by atoms with Crippen LogP contribution in [-0.4, -0.2) is 18.7 Å². The maximum Gasteiger partial charge on any atom is 0.250 e. The topological polar surface area (TPSA) is 65.8 Å². The number of aromatic nitrogens is 1. The molecule has 0 fully saturated rings. The van der Waals surface area contributed by atoms with E-state index in [1.54, 1.807) is 12.3 Å². The second-order valence-corrected chi connectivity index (χ2v) is 8.64. The number of benzene rings is 2. The van der Waals surface area contributed by atoms with Crippen LogP contribution in [0.25, 0.3) is 16.5 Å². The van der Waals surface area contributed by atoms with E-state index >= 15 is 0 Å². The molecule has 164 valence electrons. The van der Waals surface area contributed by atoms with Gasteiger partial charge in [0.15, 0.2) is 0 Å². The molecule has 3 aromatic rings. The highest BCUT2D eigenvalue weighted by molar-refractivity contribution is 6.22. The highest BCUT2D eigenvalue weighted by Crippen LogP contribution is 2.22. The van der Waals surface area contributed by atoms with E-state index in [4.69, 9.17) is 0 Å². The molecule has 0 saturated heterocycles. The van der Waals surface area contributed by atoms with Crippen LogP contribution in [0.5, 0.6) is 0 Å². The normalized spacial score (nSPS) is 11.2. The van der Waals surface area contributed by atoms with Crippen molar-refractivity contribution >= 4 is 30.2 Å². The fourth-order valence-electron chi connectivity index (χ4n) is 3.96. The number of carbonyl (C=O) groups excluding carboxylic acids is 1. The van der Waals surface area contributed by atoms with Gasteiger partial charge in [0.25, 0.3) is 5.91 Å². The van der Waals surface area contributed by atoms with Crippen molar-refractivity contribution in [3.63, 3.8) is 0 Å². The summed E-state index contributed by atoms with van der Waals surface area (Å²) in [5, 5.41) is 13.4. The Labute approximate surface area is 196 Å². The summed E-state index contributed by atoms with van der Waals surface area (Å²) >= 11 is 0. The van der Waals surface area contributed by atoms with E-state index < -0.39 is 0 Å². The maximum atomic E-state index is 12.6. The highest BCUT2D eigenvalue weighted by atomic mass is 16.1. The van der Waals surface area contributed by atoms with E-state index in [-0.39, 0.29) is 5.91 Å². The molecular formula is C28H28BN3O. The first-order chi connectivity index (χ1) is 15.7. The molecule has 0 bridgehead atoms. The van der Waals surface area contributed by atoms with Gasteiger partial charge in [0, 0.05) is 23.7 Å². The van der Waals surface area contributed by atoms with E-state index in [2.05, 4.69) is 35.6 Å². The van der Waals surface area contributed by atoms with Crippen molar-refractivity contribution in [3.05, 3.63) is 106 Å². The molecule has 5 heteroatoms. The molecule has 1 heterocycles. The SMILES string of the molecule is B/C(=C\C(=C)C(=O)NCc1ccc(C(=C)C)c(C)c1)Cc1cc(C#N)c2ncc(C)cc2c1. The number of rotatable bonds is 7. The summed E-state index contributed by atoms with van der Waals surface area (Å²) in [5.74, 6) is -0.202. The van der Waals surface area contributed by atoms with Gasteiger partial charge in [-0.15, -0.1) is 5.47 Å². The van der Waals surface area contributed by atoms with Crippen LogP contribution in [0.2, 0.25) is 0 Å². The summed E-state index contributed by atoms with van der Waals surface area (Å²) in [7, 11) is 1.96. The van der Waals surface area contributed by atoms with Crippen LogP contribution in [0, 0.1) is 25.2 Å². The lowest BCUT2D eigenvalue weighted by molar-refractivity contribution is -0.117. The van der Waals surface area contributed by atoms with Crippen molar-refractivity contribution < 1.29 is 4.79 Å². The van der Waals surface area contributed by atoms with Gasteiger partial charge in [-0.05, 0) is 73.2 Å². The second-order valence-electron chi connectivity index (χ2n) is 8.64. The van der Waals surface area contributed by atoms with E-state index in [1.807, 2.05) is 58.9 Å². The number of carbonyl (C=O) groups is 1. The molecule has 0 aliphatic carbocycles. The Morgan fingerprint density at radius 3 is 2.61 bits per heavy atom. The van der Waals surface area contributed by atoms with Gasteiger partial charge in [-0.3, -0.25) is 9.78 Å². The molecule has 1 N–H and O–H groups in total. The van der Waals surface area contributed by atoms with Crippen LogP contribution in [0.3, 0.4) is 0 Å². The summed E-state index contributed by atoms with van der Waals surface area (Å²) in [5.41, 5.74) is 9.03. The number of amides is 1. The molecule has 0 atom stereocenters. The summed E-state index contributed by atoms with van der Waals surface area (Å²) in [4.78, 5) is 17.0. The third-order valence-corrected chi connectivity index (χ3v) is 5.50. The lowest BCUT2D eigenvalue weighted by Gasteiger charge is -2.10. The fraction of sp³-hybridized carbons (Fsp3) is 0.179. The van der Waals surface area contributed by atoms with Crippen LogP contribution in [0.15, 0.2) is 72.9 Å². The number of pyridine rings is 1. The number of allylic oxidation sites excluding steroid dienone is 2. The third kappa shape index (κ3) is 5.87. The Kier molecular flexibility index (Phi) is 7.30. The molecule has 1 amide bonds. The minimum Gasteiger partial charge on any atom is -0.348 e. The van der Waals surface area contributed by atoms with Crippen molar-refractivity contribution in [2.75, 3.05) is 0 Å². The summed E-state index contributed by atoms with van der Waals surface area (Å²) in [6.45, 7) is 14.4. The highest BCUT2D eigenvalue weighted by Gasteiger charge is 2.09. The molecule has 1 aromatic heterocycles. The molecule has 0 aliphatic rings. The Morgan fingerprint density at radius 1 is 1.18 bits per heavy atom. The number of hydrogen-bond donors (Lipinski definition) is 1. The molecule has 0 spiro atoms. The Hall–Kier alpha value is -3.91. The van der Waals surface area contributed by atoms with Crippen molar-refractivity contribution in [2.24, 2.45) is 0 Å². The fourth-order valence-corrected chi connectivity index (χ4v) is 3.96. The number of nitriles is 1. The van der Waals surface area contributed by atoms with Gasteiger partial charge < -0.3 is 5.32 Å². The average molecular weight is 433 g/mol. The first-order valence-corrected chi connectivity index (χ1v) is 10.9. The summed E-state index contributed by atoms with van der Waals surface area (Å²) < 4.78 is 0. The minimum absolute atomic E-state index is 0.202. The number of fused-ring (bicyclic) bond motifs is 1. The summed E-state index contributed by atoms with van der Waals surface area (Å²) in [6.07, 6.45) is 4.19. The standard InChI is InChI=1S/C28H28BN3O/c1-17(2)26-7-6-21(9-19(26)4)16-32-28(33)20(5)10-25(29)13-22-11-23-8-18(3)15-31-27(23)24(12-22)14-30/h6-12,15H,1,5,13,16,29H2,2-4H3,(H,32,33)/b25-10-. The van der Waals surface area contributed by atoms with Crippen LogP contribution in [0.1, 0.15) is 40.3 Å². The predicted octanol–water partition coefficient (Wildman–Crippen LogP) is 4.69. The maximum absolute atomic E-state index is 12.6. The first kappa shape index (κ1) is 23.8. The largest absolute Gasteiger partial charge is 0.348 e. The number of aryl methyl sites for hydroxylation is 2. The molecule has 33 heavy (non-hydrogen) atoms. The molecule has 0 aliphatic heterocycles.